The summed E-state index contributed by atoms with van der Waals surface area (Å²) in [5.74, 6) is -0.380. The Morgan fingerprint density at radius 2 is 2.16 bits per heavy atom. The highest BCUT2D eigenvalue weighted by Crippen LogP contribution is 2.21. The number of pyridine rings is 1. The van der Waals surface area contributed by atoms with E-state index < -0.39 is 5.60 Å². The zero-order valence-electron chi connectivity index (χ0n) is 10.2. The molecular weight excluding hydrogens is 291 g/mol. The van der Waals surface area contributed by atoms with Crippen LogP contribution in [-0.2, 0) is 4.74 Å². The van der Waals surface area contributed by atoms with E-state index in [0.29, 0.717) is 26.1 Å². The van der Waals surface area contributed by atoms with E-state index >= 15 is 0 Å². The molecule has 1 amide bonds. The molecule has 0 radical (unpaired) electrons. The van der Waals surface area contributed by atoms with Crippen molar-refractivity contribution < 1.29 is 14.6 Å². The quantitative estimate of drug-likeness (QED) is 0.833. The van der Waals surface area contributed by atoms with E-state index in [1.54, 1.807) is 0 Å². The van der Waals surface area contributed by atoms with Gasteiger partial charge in [-0.05, 0) is 6.07 Å². The minimum atomic E-state index is -0.919. The van der Waals surface area contributed by atoms with E-state index in [1.807, 2.05) is 0 Å². The maximum absolute atomic E-state index is 12.0. The number of carbonyl (C=O) groups is 1. The van der Waals surface area contributed by atoms with Crippen molar-refractivity contribution in [3.63, 3.8) is 0 Å². The first kappa shape index (κ1) is 14.5. The second-order valence-electron chi connectivity index (χ2n) is 4.51. The van der Waals surface area contributed by atoms with Crippen molar-refractivity contribution in [2.24, 2.45) is 0 Å². The highest BCUT2D eigenvalue weighted by Gasteiger charge is 2.30. The van der Waals surface area contributed by atoms with Crippen molar-refractivity contribution >= 4 is 29.1 Å². The number of aliphatic hydroxyl groups is 1. The second-order valence-corrected chi connectivity index (χ2v) is 5.30. The fourth-order valence-corrected chi connectivity index (χ4v) is 2.20. The van der Waals surface area contributed by atoms with Crippen LogP contribution in [-0.4, -0.2) is 41.4 Å². The summed E-state index contributed by atoms with van der Waals surface area (Å²) in [6.45, 7) is 1.15. The number of amides is 1. The van der Waals surface area contributed by atoms with Crippen LogP contribution in [0.5, 0.6) is 0 Å². The lowest BCUT2D eigenvalue weighted by Gasteiger charge is -2.32. The van der Waals surface area contributed by atoms with Crippen molar-refractivity contribution in [1.29, 1.82) is 0 Å². The molecule has 2 rings (SSSR count). The van der Waals surface area contributed by atoms with Crippen molar-refractivity contribution in [3.05, 3.63) is 28.0 Å². The van der Waals surface area contributed by atoms with Crippen molar-refractivity contribution in [1.82, 2.24) is 10.3 Å². The van der Waals surface area contributed by atoms with E-state index in [-0.39, 0.29) is 28.2 Å². The number of rotatable bonds is 3. The lowest BCUT2D eigenvalue weighted by atomic mass is 9.94. The minimum Gasteiger partial charge on any atom is -0.388 e. The van der Waals surface area contributed by atoms with Crippen LogP contribution >= 0.6 is 23.2 Å². The van der Waals surface area contributed by atoms with Gasteiger partial charge in [0.2, 0.25) is 0 Å². The van der Waals surface area contributed by atoms with Crippen molar-refractivity contribution in [2.75, 3.05) is 19.8 Å². The summed E-state index contributed by atoms with van der Waals surface area (Å²) in [6.07, 6.45) is 2.32. The molecule has 1 aliphatic heterocycles. The van der Waals surface area contributed by atoms with E-state index in [1.165, 1.54) is 12.3 Å². The standard InChI is InChI=1S/C12H14Cl2N2O3/c13-9-6-15-10(14)5-8(9)11(17)16-7-12(18)1-3-19-4-2-12/h5-6,18H,1-4,7H2,(H,16,17). The van der Waals surface area contributed by atoms with Crippen LogP contribution in [0.2, 0.25) is 10.2 Å². The molecule has 0 spiro atoms. The Labute approximate surface area is 120 Å². The van der Waals surface area contributed by atoms with Crippen LogP contribution in [0.25, 0.3) is 0 Å². The summed E-state index contributed by atoms with van der Waals surface area (Å²) in [7, 11) is 0. The first-order valence-electron chi connectivity index (χ1n) is 5.90. The Hall–Kier alpha value is -0.880. The molecule has 0 atom stereocenters. The average Bonchev–Trinajstić information content (AvgIpc) is 2.40. The largest absolute Gasteiger partial charge is 0.388 e. The lowest BCUT2D eigenvalue weighted by Crippen LogP contribution is -2.46. The number of nitrogens with one attached hydrogen (secondary N) is 1. The maximum Gasteiger partial charge on any atom is 0.253 e. The molecule has 19 heavy (non-hydrogen) atoms. The normalized spacial score (nSPS) is 18.1. The summed E-state index contributed by atoms with van der Waals surface area (Å²) in [5, 5.41) is 13.3. The smallest absolute Gasteiger partial charge is 0.253 e. The molecule has 0 bridgehead atoms. The van der Waals surface area contributed by atoms with Gasteiger partial charge in [-0.3, -0.25) is 4.79 Å². The molecular formula is C12H14Cl2N2O3. The number of carbonyl (C=O) groups excluding carboxylic acids is 1. The number of halogens is 2. The van der Waals surface area contributed by atoms with Gasteiger partial charge in [-0.1, -0.05) is 23.2 Å². The Balaban J connectivity index is 1.99. The third kappa shape index (κ3) is 3.79. The zero-order valence-corrected chi connectivity index (χ0v) is 11.7. The number of hydrogen-bond donors (Lipinski definition) is 2. The SMILES string of the molecule is O=C(NCC1(O)CCOCC1)c1cc(Cl)ncc1Cl. The fourth-order valence-electron chi connectivity index (χ4n) is 1.86. The molecule has 1 aromatic heterocycles. The van der Waals surface area contributed by atoms with E-state index in [9.17, 15) is 9.90 Å². The van der Waals surface area contributed by atoms with Crippen molar-refractivity contribution in [3.8, 4) is 0 Å². The summed E-state index contributed by atoms with van der Waals surface area (Å²) in [6, 6.07) is 1.40. The Bertz CT molecular complexity index is 476. The van der Waals surface area contributed by atoms with Gasteiger partial charge in [-0.25, -0.2) is 4.98 Å². The average molecular weight is 305 g/mol. The van der Waals surface area contributed by atoms with Gasteiger partial charge in [0, 0.05) is 38.8 Å². The van der Waals surface area contributed by atoms with Crippen LogP contribution in [0.3, 0.4) is 0 Å². The number of hydrogen-bond acceptors (Lipinski definition) is 4. The number of nitrogens with zero attached hydrogens (tertiary/aromatic N) is 1. The molecule has 7 heteroatoms. The van der Waals surface area contributed by atoms with Gasteiger partial charge in [0.15, 0.2) is 0 Å². The van der Waals surface area contributed by atoms with Crippen LogP contribution in [0.1, 0.15) is 23.2 Å². The molecule has 1 aliphatic rings. The van der Waals surface area contributed by atoms with Gasteiger partial charge < -0.3 is 15.2 Å². The first-order chi connectivity index (χ1) is 9.00. The summed E-state index contributed by atoms with van der Waals surface area (Å²) in [5.41, 5.74) is -0.672. The summed E-state index contributed by atoms with van der Waals surface area (Å²) >= 11 is 11.6. The van der Waals surface area contributed by atoms with Gasteiger partial charge in [-0.2, -0.15) is 0 Å². The third-order valence-corrected chi connectivity index (χ3v) is 3.58. The molecule has 2 heterocycles. The fraction of sp³-hybridized carbons (Fsp3) is 0.500. The molecule has 0 unspecified atom stereocenters. The van der Waals surface area contributed by atoms with E-state index in [2.05, 4.69) is 10.3 Å². The molecule has 0 aliphatic carbocycles. The molecule has 5 nitrogen and oxygen atoms in total. The Kier molecular flexibility index (Phi) is 4.62. The molecule has 1 aromatic rings. The van der Waals surface area contributed by atoms with Crippen molar-refractivity contribution in [2.45, 2.75) is 18.4 Å². The van der Waals surface area contributed by atoms with Gasteiger partial charge in [0.05, 0.1) is 16.2 Å². The summed E-state index contributed by atoms with van der Waals surface area (Å²) < 4.78 is 5.17. The monoisotopic (exact) mass is 304 g/mol. The number of aromatic nitrogens is 1. The van der Waals surface area contributed by atoms with Crippen LogP contribution < -0.4 is 5.32 Å². The van der Waals surface area contributed by atoms with E-state index in [0.717, 1.165) is 0 Å². The molecule has 104 valence electrons. The lowest BCUT2D eigenvalue weighted by molar-refractivity contribution is -0.0605. The third-order valence-electron chi connectivity index (χ3n) is 3.07. The highest BCUT2D eigenvalue weighted by atomic mass is 35.5. The molecule has 0 aromatic carbocycles. The van der Waals surface area contributed by atoms with Crippen LogP contribution in [0, 0.1) is 0 Å². The van der Waals surface area contributed by atoms with Gasteiger partial charge in [0.25, 0.3) is 5.91 Å². The predicted molar refractivity (Wildman–Crippen MR) is 71.6 cm³/mol. The zero-order chi connectivity index (χ0) is 13.9. The second kappa shape index (κ2) is 6.05. The van der Waals surface area contributed by atoms with Gasteiger partial charge in [-0.15, -0.1) is 0 Å². The van der Waals surface area contributed by atoms with Gasteiger partial charge >= 0.3 is 0 Å². The minimum absolute atomic E-state index is 0.158. The maximum atomic E-state index is 12.0. The number of ether oxygens (including phenoxy) is 1. The summed E-state index contributed by atoms with van der Waals surface area (Å²) in [4.78, 5) is 15.8. The van der Waals surface area contributed by atoms with Crippen LogP contribution in [0.4, 0.5) is 0 Å². The molecule has 2 N–H and O–H groups in total. The topological polar surface area (TPSA) is 71.5 Å². The Morgan fingerprint density at radius 3 is 2.84 bits per heavy atom. The predicted octanol–water partition coefficient (Wildman–Crippen LogP) is 1.66. The van der Waals surface area contributed by atoms with E-state index in [4.69, 9.17) is 27.9 Å². The Morgan fingerprint density at radius 1 is 1.47 bits per heavy atom. The molecule has 1 fully saturated rings. The molecule has 1 saturated heterocycles. The highest BCUT2D eigenvalue weighted by molar-refractivity contribution is 6.35. The first-order valence-corrected chi connectivity index (χ1v) is 6.65. The molecule has 0 saturated carbocycles. The van der Waals surface area contributed by atoms with Gasteiger partial charge in [0.1, 0.15) is 5.15 Å². The van der Waals surface area contributed by atoms with Crippen LogP contribution in [0.15, 0.2) is 12.3 Å².